The summed E-state index contributed by atoms with van der Waals surface area (Å²) in [5.41, 5.74) is 1.69. The lowest BCUT2D eigenvalue weighted by molar-refractivity contribution is 0.0304. The second kappa shape index (κ2) is 8.46. The highest BCUT2D eigenvalue weighted by Crippen LogP contribution is 2.25. The Morgan fingerprint density at radius 3 is 2.69 bits per heavy atom. The van der Waals surface area contributed by atoms with Crippen molar-refractivity contribution in [1.29, 1.82) is 0 Å². The first-order valence-corrected chi connectivity index (χ1v) is 8.16. The van der Waals surface area contributed by atoms with Crippen LogP contribution in [-0.4, -0.2) is 41.2 Å². The molecular formula is C19H20N2O5. The van der Waals surface area contributed by atoms with E-state index >= 15 is 0 Å². The van der Waals surface area contributed by atoms with E-state index in [-0.39, 0.29) is 12.4 Å². The fourth-order valence-corrected chi connectivity index (χ4v) is 2.53. The van der Waals surface area contributed by atoms with Gasteiger partial charge in [0.25, 0.3) is 0 Å². The van der Waals surface area contributed by atoms with E-state index in [2.05, 4.69) is 5.10 Å². The fraction of sp³-hybridized carbons (Fsp3) is 0.263. The molecule has 0 unspecified atom stereocenters. The van der Waals surface area contributed by atoms with E-state index in [1.54, 1.807) is 25.3 Å². The van der Waals surface area contributed by atoms with Gasteiger partial charge in [-0.1, -0.05) is 30.3 Å². The largest absolute Gasteiger partial charge is 0.489 e. The summed E-state index contributed by atoms with van der Waals surface area (Å²) in [5.74, 6) is -0.445. The molecule has 7 nitrogen and oxygen atoms in total. The van der Waals surface area contributed by atoms with Crippen LogP contribution in [0.4, 0.5) is 0 Å². The topological polar surface area (TPSA) is 82.8 Å². The van der Waals surface area contributed by atoms with Crippen molar-refractivity contribution in [2.45, 2.75) is 13.3 Å². The quantitative estimate of drug-likeness (QED) is 0.594. The second-order valence-corrected chi connectivity index (χ2v) is 5.64. The van der Waals surface area contributed by atoms with Gasteiger partial charge in [-0.3, -0.25) is 0 Å². The number of carbonyl (C=O) groups is 1. The van der Waals surface area contributed by atoms with Gasteiger partial charge in [0, 0.05) is 18.6 Å². The van der Waals surface area contributed by atoms with Crippen molar-refractivity contribution in [3.8, 4) is 5.75 Å². The van der Waals surface area contributed by atoms with Crippen LogP contribution in [0.5, 0.6) is 5.75 Å². The summed E-state index contributed by atoms with van der Waals surface area (Å²) in [7, 11) is 1.59. The maximum absolute atomic E-state index is 11.4. The van der Waals surface area contributed by atoms with Crippen molar-refractivity contribution in [2.75, 3.05) is 20.3 Å². The third kappa shape index (κ3) is 4.19. The zero-order valence-corrected chi connectivity index (χ0v) is 14.4. The van der Waals surface area contributed by atoms with Gasteiger partial charge in [-0.25, -0.2) is 9.48 Å². The van der Waals surface area contributed by atoms with Crippen LogP contribution in [0.1, 0.15) is 16.1 Å². The van der Waals surface area contributed by atoms with Crippen LogP contribution >= 0.6 is 0 Å². The molecule has 0 amide bonds. The van der Waals surface area contributed by atoms with Crippen molar-refractivity contribution in [3.05, 3.63) is 59.8 Å². The molecule has 0 atom stereocenters. The van der Waals surface area contributed by atoms with Crippen LogP contribution in [0, 0.1) is 0 Å². The zero-order chi connectivity index (χ0) is 18.4. The Balaban J connectivity index is 1.82. The lowest BCUT2D eigenvalue weighted by Crippen LogP contribution is -2.09. The average molecular weight is 356 g/mol. The number of ether oxygens (including phenoxy) is 3. The predicted molar refractivity (Wildman–Crippen MR) is 95.3 cm³/mol. The minimum atomic E-state index is -1.08. The normalized spacial score (nSPS) is 11.0. The highest BCUT2D eigenvalue weighted by molar-refractivity contribution is 6.01. The number of rotatable bonds is 9. The van der Waals surface area contributed by atoms with Gasteiger partial charge in [0.15, 0.2) is 5.69 Å². The standard InChI is InChI=1S/C19H20N2O5/c1-24-9-10-25-13-21-17-11-15(26-12-14-5-3-2-4-6-14)7-8-16(17)18(20-21)19(22)23/h2-8,11H,9-10,12-13H2,1H3,(H,22,23). The van der Waals surface area contributed by atoms with Gasteiger partial charge < -0.3 is 19.3 Å². The lowest BCUT2D eigenvalue weighted by atomic mass is 10.2. The summed E-state index contributed by atoms with van der Waals surface area (Å²) in [5, 5.41) is 14.0. The highest BCUT2D eigenvalue weighted by Gasteiger charge is 2.17. The Labute approximate surface area is 150 Å². The van der Waals surface area contributed by atoms with Gasteiger partial charge in [-0.15, -0.1) is 0 Å². The molecule has 0 aliphatic rings. The molecule has 0 saturated heterocycles. The third-order valence-electron chi connectivity index (χ3n) is 3.82. The molecule has 0 aliphatic heterocycles. The van der Waals surface area contributed by atoms with Gasteiger partial charge in [0.1, 0.15) is 19.1 Å². The molecular weight excluding hydrogens is 336 g/mol. The Morgan fingerprint density at radius 1 is 1.15 bits per heavy atom. The summed E-state index contributed by atoms with van der Waals surface area (Å²) in [4.78, 5) is 11.4. The molecule has 7 heteroatoms. The van der Waals surface area contributed by atoms with E-state index < -0.39 is 5.97 Å². The number of hydrogen-bond acceptors (Lipinski definition) is 5. The van der Waals surface area contributed by atoms with Gasteiger partial charge in [0.2, 0.25) is 0 Å². The second-order valence-electron chi connectivity index (χ2n) is 5.64. The number of methoxy groups -OCH3 is 1. The first-order chi connectivity index (χ1) is 12.7. The number of aromatic carboxylic acids is 1. The first-order valence-electron chi connectivity index (χ1n) is 8.16. The summed E-state index contributed by atoms with van der Waals surface area (Å²) in [6.07, 6.45) is 0. The maximum atomic E-state index is 11.4. The molecule has 0 aliphatic carbocycles. The third-order valence-corrected chi connectivity index (χ3v) is 3.82. The minimum absolute atomic E-state index is 0.00930. The Morgan fingerprint density at radius 2 is 1.96 bits per heavy atom. The van der Waals surface area contributed by atoms with Crippen LogP contribution in [-0.2, 0) is 22.8 Å². The van der Waals surface area contributed by atoms with E-state index in [1.165, 1.54) is 4.68 Å². The number of hydrogen-bond donors (Lipinski definition) is 1. The average Bonchev–Trinajstić information content (AvgIpc) is 3.03. The molecule has 0 spiro atoms. The van der Waals surface area contributed by atoms with Gasteiger partial charge in [-0.05, 0) is 17.7 Å². The number of fused-ring (bicyclic) bond motifs is 1. The first kappa shape index (κ1) is 17.9. The van der Waals surface area contributed by atoms with E-state index in [9.17, 15) is 9.90 Å². The summed E-state index contributed by atoms with van der Waals surface area (Å²) in [6, 6.07) is 15.0. The van der Waals surface area contributed by atoms with Crippen LogP contribution in [0.2, 0.25) is 0 Å². The fourth-order valence-electron chi connectivity index (χ4n) is 2.53. The number of benzene rings is 2. The molecule has 0 radical (unpaired) electrons. The van der Waals surface area contributed by atoms with Crippen LogP contribution in [0.3, 0.4) is 0 Å². The van der Waals surface area contributed by atoms with Crippen LogP contribution in [0.25, 0.3) is 10.9 Å². The van der Waals surface area contributed by atoms with Crippen LogP contribution in [0.15, 0.2) is 48.5 Å². The van der Waals surface area contributed by atoms with Crippen molar-refractivity contribution < 1.29 is 24.1 Å². The molecule has 2 aromatic carbocycles. The molecule has 3 rings (SSSR count). The highest BCUT2D eigenvalue weighted by atomic mass is 16.5. The minimum Gasteiger partial charge on any atom is -0.489 e. The van der Waals surface area contributed by atoms with E-state index in [0.29, 0.717) is 36.5 Å². The van der Waals surface area contributed by atoms with Gasteiger partial charge >= 0.3 is 5.97 Å². The number of aromatic nitrogens is 2. The van der Waals surface area contributed by atoms with Crippen molar-refractivity contribution >= 4 is 16.9 Å². The summed E-state index contributed by atoms with van der Waals surface area (Å²) >= 11 is 0. The smallest absolute Gasteiger partial charge is 0.357 e. The molecule has 0 fully saturated rings. The Bertz CT molecular complexity index is 876. The molecule has 1 aromatic heterocycles. The van der Waals surface area contributed by atoms with Crippen molar-refractivity contribution in [3.63, 3.8) is 0 Å². The molecule has 136 valence electrons. The van der Waals surface area contributed by atoms with Crippen molar-refractivity contribution in [1.82, 2.24) is 9.78 Å². The lowest BCUT2D eigenvalue weighted by Gasteiger charge is -2.08. The van der Waals surface area contributed by atoms with E-state index in [0.717, 1.165) is 5.56 Å². The SMILES string of the molecule is COCCOCn1nc(C(=O)O)c2ccc(OCc3ccccc3)cc21. The number of carboxylic acids is 1. The van der Waals surface area contributed by atoms with E-state index in [1.807, 2.05) is 30.3 Å². The summed E-state index contributed by atoms with van der Waals surface area (Å²) in [6.45, 7) is 1.41. The molecule has 3 aromatic rings. The molecule has 1 N–H and O–H groups in total. The maximum Gasteiger partial charge on any atom is 0.357 e. The zero-order valence-electron chi connectivity index (χ0n) is 14.4. The number of nitrogens with zero attached hydrogens (tertiary/aromatic N) is 2. The number of carboxylic acid groups (broad SMARTS) is 1. The van der Waals surface area contributed by atoms with E-state index in [4.69, 9.17) is 14.2 Å². The molecule has 0 bridgehead atoms. The molecule has 0 saturated carbocycles. The Hall–Kier alpha value is -2.90. The monoisotopic (exact) mass is 356 g/mol. The van der Waals surface area contributed by atoms with Gasteiger partial charge in [0.05, 0.1) is 18.7 Å². The van der Waals surface area contributed by atoms with Crippen molar-refractivity contribution in [2.24, 2.45) is 0 Å². The predicted octanol–water partition coefficient (Wildman–Crippen LogP) is 2.93. The van der Waals surface area contributed by atoms with Gasteiger partial charge in [-0.2, -0.15) is 5.10 Å². The molecule has 26 heavy (non-hydrogen) atoms. The van der Waals surface area contributed by atoms with Crippen LogP contribution < -0.4 is 4.74 Å². The molecule has 1 heterocycles. The summed E-state index contributed by atoms with van der Waals surface area (Å²) < 4.78 is 17.7. The Kier molecular flexibility index (Phi) is 5.83.